The molecule has 0 saturated heterocycles. The summed E-state index contributed by atoms with van der Waals surface area (Å²) in [5.41, 5.74) is 3.18. The van der Waals surface area contributed by atoms with Gasteiger partial charge in [-0.05, 0) is 54.3 Å². The molecule has 2 aromatic carbocycles. The minimum absolute atomic E-state index is 0.0892. The number of alkyl halides is 3. The maximum Gasteiger partial charge on any atom is 0.405 e. The van der Waals surface area contributed by atoms with Crippen molar-refractivity contribution in [1.82, 2.24) is 15.5 Å². The SMILES string of the molecule is CNC(=O)N1C=C(c2ccc(C(=O)NCC(F)(F)F)cc2)c2cc(OC)c(OC)cc2CC1C. The van der Waals surface area contributed by atoms with Crippen LogP contribution in [0.15, 0.2) is 42.6 Å². The van der Waals surface area contributed by atoms with Crippen molar-refractivity contribution in [3.8, 4) is 11.5 Å². The number of ether oxygens (including phenoxy) is 2. The number of benzene rings is 2. The summed E-state index contributed by atoms with van der Waals surface area (Å²) in [7, 11) is 4.61. The molecule has 0 radical (unpaired) electrons. The zero-order valence-electron chi connectivity index (χ0n) is 19.2. The summed E-state index contributed by atoms with van der Waals surface area (Å²) in [4.78, 5) is 26.3. The van der Waals surface area contributed by atoms with Gasteiger partial charge in [0.1, 0.15) is 6.54 Å². The average molecular weight is 477 g/mol. The maximum absolute atomic E-state index is 12.6. The van der Waals surface area contributed by atoms with Gasteiger partial charge >= 0.3 is 12.2 Å². The molecule has 34 heavy (non-hydrogen) atoms. The molecule has 0 spiro atoms. The van der Waals surface area contributed by atoms with Crippen LogP contribution in [0.3, 0.4) is 0 Å². The normalized spacial score (nSPS) is 15.6. The molecule has 1 heterocycles. The molecule has 0 aliphatic carbocycles. The number of urea groups is 1. The third-order valence-corrected chi connectivity index (χ3v) is 5.51. The number of fused-ring (bicyclic) bond motifs is 1. The Labute approximate surface area is 195 Å². The molecule has 1 unspecified atom stereocenters. The van der Waals surface area contributed by atoms with E-state index < -0.39 is 18.6 Å². The molecule has 0 bridgehead atoms. The van der Waals surface area contributed by atoms with Crippen molar-refractivity contribution in [2.24, 2.45) is 0 Å². The summed E-state index contributed by atoms with van der Waals surface area (Å²) in [5.74, 6) is 0.236. The first-order valence-electron chi connectivity index (χ1n) is 10.5. The molecule has 2 N–H and O–H groups in total. The summed E-state index contributed by atoms with van der Waals surface area (Å²) in [6.07, 6.45) is -2.23. The molecule has 0 saturated carbocycles. The summed E-state index contributed by atoms with van der Waals surface area (Å²) in [5, 5.41) is 4.49. The molecule has 10 heteroatoms. The van der Waals surface area contributed by atoms with Crippen molar-refractivity contribution in [3.05, 3.63) is 64.9 Å². The van der Waals surface area contributed by atoms with Crippen molar-refractivity contribution >= 4 is 17.5 Å². The van der Waals surface area contributed by atoms with Gasteiger partial charge in [-0.2, -0.15) is 13.2 Å². The van der Waals surface area contributed by atoms with Crippen LogP contribution in [-0.2, 0) is 6.42 Å². The summed E-state index contributed by atoms with van der Waals surface area (Å²) in [6.45, 7) is 0.510. The fourth-order valence-electron chi connectivity index (χ4n) is 3.79. The van der Waals surface area contributed by atoms with Crippen LogP contribution in [0.2, 0.25) is 0 Å². The van der Waals surface area contributed by atoms with Gasteiger partial charge in [0.15, 0.2) is 11.5 Å². The maximum atomic E-state index is 12.6. The fourth-order valence-corrected chi connectivity index (χ4v) is 3.79. The number of methoxy groups -OCH3 is 2. The highest BCUT2D eigenvalue weighted by Gasteiger charge is 2.29. The quantitative estimate of drug-likeness (QED) is 0.683. The largest absolute Gasteiger partial charge is 0.493 e. The highest BCUT2D eigenvalue weighted by atomic mass is 19.4. The van der Waals surface area contributed by atoms with Crippen molar-refractivity contribution in [2.45, 2.75) is 25.6 Å². The van der Waals surface area contributed by atoms with Gasteiger partial charge in [-0.3, -0.25) is 9.69 Å². The van der Waals surface area contributed by atoms with Crippen molar-refractivity contribution in [1.29, 1.82) is 0 Å². The second-order valence-electron chi connectivity index (χ2n) is 7.80. The molecule has 1 aliphatic heterocycles. The first-order chi connectivity index (χ1) is 16.1. The Morgan fingerprint density at radius 1 is 1.09 bits per heavy atom. The molecule has 2 aromatic rings. The first-order valence-corrected chi connectivity index (χ1v) is 10.5. The summed E-state index contributed by atoms with van der Waals surface area (Å²) >= 11 is 0. The molecular weight excluding hydrogens is 451 g/mol. The Bertz CT molecular complexity index is 1100. The van der Waals surface area contributed by atoms with Gasteiger partial charge in [-0.25, -0.2) is 4.79 Å². The number of rotatable bonds is 5. The lowest BCUT2D eigenvalue weighted by molar-refractivity contribution is -0.123. The minimum atomic E-state index is -4.50. The van der Waals surface area contributed by atoms with Crippen LogP contribution >= 0.6 is 0 Å². The third-order valence-electron chi connectivity index (χ3n) is 5.51. The van der Waals surface area contributed by atoms with Gasteiger partial charge in [-0.1, -0.05) is 12.1 Å². The Hall–Kier alpha value is -3.69. The molecule has 1 aliphatic rings. The number of nitrogens with one attached hydrogen (secondary N) is 2. The van der Waals surface area contributed by atoms with Gasteiger partial charge in [0.25, 0.3) is 5.91 Å². The lowest BCUT2D eigenvalue weighted by atomic mass is 9.92. The minimum Gasteiger partial charge on any atom is -0.493 e. The monoisotopic (exact) mass is 477 g/mol. The molecule has 3 rings (SSSR count). The van der Waals surface area contributed by atoms with E-state index in [1.54, 1.807) is 37.4 Å². The number of nitrogens with zero attached hydrogens (tertiary/aromatic N) is 1. The topological polar surface area (TPSA) is 79.9 Å². The number of halogens is 3. The van der Waals surface area contributed by atoms with Crippen LogP contribution in [0.4, 0.5) is 18.0 Å². The first kappa shape index (κ1) is 24.9. The predicted octanol–water partition coefficient (Wildman–Crippen LogP) is 3.97. The Kier molecular flexibility index (Phi) is 7.38. The van der Waals surface area contributed by atoms with Crippen molar-refractivity contribution in [2.75, 3.05) is 27.8 Å². The Morgan fingerprint density at radius 3 is 2.26 bits per heavy atom. The van der Waals surface area contributed by atoms with Crippen LogP contribution in [0.5, 0.6) is 11.5 Å². The second-order valence-corrected chi connectivity index (χ2v) is 7.80. The Morgan fingerprint density at radius 2 is 1.71 bits per heavy atom. The van der Waals surface area contributed by atoms with E-state index in [9.17, 15) is 22.8 Å². The van der Waals surface area contributed by atoms with Crippen LogP contribution in [-0.4, -0.2) is 56.9 Å². The van der Waals surface area contributed by atoms with E-state index in [-0.39, 0.29) is 17.6 Å². The Balaban J connectivity index is 2.06. The van der Waals surface area contributed by atoms with Crippen LogP contribution < -0.4 is 20.1 Å². The predicted molar refractivity (Wildman–Crippen MR) is 121 cm³/mol. The molecular formula is C24H26F3N3O4. The molecule has 0 aromatic heterocycles. The zero-order chi connectivity index (χ0) is 25.0. The van der Waals surface area contributed by atoms with E-state index in [0.717, 1.165) is 11.1 Å². The van der Waals surface area contributed by atoms with E-state index in [1.807, 2.05) is 24.4 Å². The lowest BCUT2D eigenvalue weighted by Gasteiger charge is -2.24. The lowest BCUT2D eigenvalue weighted by Crippen LogP contribution is -2.40. The molecule has 182 valence electrons. The number of hydrogen-bond acceptors (Lipinski definition) is 4. The van der Waals surface area contributed by atoms with Gasteiger partial charge in [-0.15, -0.1) is 0 Å². The van der Waals surface area contributed by atoms with E-state index in [1.165, 1.54) is 19.2 Å². The van der Waals surface area contributed by atoms with Crippen LogP contribution in [0.1, 0.15) is 34.0 Å². The number of hydrogen-bond donors (Lipinski definition) is 2. The molecule has 1 atom stereocenters. The molecule has 0 fully saturated rings. The van der Waals surface area contributed by atoms with E-state index in [2.05, 4.69) is 5.32 Å². The van der Waals surface area contributed by atoms with Gasteiger partial charge in [0.05, 0.1) is 14.2 Å². The van der Waals surface area contributed by atoms with Gasteiger partial charge in [0, 0.05) is 30.4 Å². The highest BCUT2D eigenvalue weighted by molar-refractivity contribution is 5.95. The van der Waals surface area contributed by atoms with E-state index in [4.69, 9.17) is 9.47 Å². The standard InChI is InChI=1S/C24H26F3N3O4/c1-14-9-17-10-20(33-3)21(34-4)11-18(17)19(12-30(14)23(32)28-2)15-5-7-16(8-6-15)22(31)29-13-24(25,26)27/h5-8,10-12,14H,9,13H2,1-4H3,(H,28,32)(H,29,31). The third kappa shape index (κ3) is 5.44. The second kappa shape index (κ2) is 10.1. The average Bonchev–Trinajstić information content (AvgIpc) is 2.96. The molecule has 7 nitrogen and oxygen atoms in total. The smallest absolute Gasteiger partial charge is 0.405 e. The summed E-state index contributed by atoms with van der Waals surface area (Å²) < 4.78 is 48.2. The van der Waals surface area contributed by atoms with Crippen molar-refractivity contribution in [3.63, 3.8) is 0 Å². The fraction of sp³-hybridized carbons (Fsp3) is 0.333. The van der Waals surface area contributed by atoms with Gasteiger partial charge < -0.3 is 20.1 Å². The van der Waals surface area contributed by atoms with Gasteiger partial charge in [0.2, 0.25) is 0 Å². The van der Waals surface area contributed by atoms with Crippen molar-refractivity contribution < 1.29 is 32.2 Å². The zero-order valence-corrected chi connectivity index (χ0v) is 19.2. The number of amides is 3. The highest BCUT2D eigenvalue weighted by Crippen LogP contribution is 2.39. The van der Waals surface area contributed by atoms with E-state index >= 15 is 0 Å². The summed E-state index contributed by atoms with van der Waals surface area (Å²) in [6, 6.07) is 9.37. The number of carbonyl (C=O) groups is 2. The van der Waals surface area contributed by atoms with E-state index in [0.29, 0.717) is 29.1 Å². The number of carbonyl (C=O) groups excluding carboxylic acids is 2. The van der Waals surface area contributed by atoms with Crippen LogP contribution in [0, 0.1) is 0 Å². The molecule has 3 amide bonds. The van der Waals surface area contributed by atoms with Crippen LogP contribution in [0.25, 0.3) is 5.57 Å².